The molecule has 1 aromatic rings. The lowest BCUT2D eigenvalue weighted by Crippen LogP contribution is -2.31. The molecular formula is C13H23N3O. The summed E-state index contributed by atoms with van der Waals surface area (Å²) >= 11 is 0. The summed E-state index contributed by atoms with van der Waals surface area (Å²) in [6.07, 6.45) is 5.77. The van der Waals surface area contributed by atoms with Gasteiger partial charge in [-0.3, -0.25) is 0 Å². The van der Waals surface area contributed by atoms with E-state index in [0.29, 0.717) is 11.8 Å². The Balaban J connectivity index is 1.88. The fraction of sp³-hybridized carbons (Fsp3) is 0.846. The van der Waals surface area contributed by atoms with Crippen LogP contribution in [0.1, 0.15) is 57.2 Å². The normalized spacial score (nSPS) is 22.6. The van der Waals surface area contributed by atoms with Crippen molar-refractivity contribution in [2.45, 2.75) is 51.9 Å². The van der Waals surface area contributed by atoms with Crippen molar-refractivity contribution in [2.75, 3.05) is 13.1 Å². The van der Waals surface area contributed by atoms with E-state index in [4.69, 9.17) is 4.52 Å². The Morgan fingerprint density at radius 1 is 1.53 bits per heavy atom. The predicted octanol–water partition coefficient (Wildman–Crippen LogP) is 2.52. The first kappa shape index (κ1) is 12.6. The summed E-state index contributed by atoms with van der Waals surface area (Å²) < 4.78 is 5.34. The third-order valence-corrected chi connectivity index (χ3v) is 3.50. The Bertz CT molecular complexity index is 331. The SMILES string of the molecule is CCCC(C)c1nc(CC2CCCNC2)no1. The molecule has 0 spiro atoms. The molecule has 0 aliphatic carbocycles. The minimum Gasteiger partial charge on any atom is -0.339 e. The van der Waals surface area contributed by atoms with Gasteiger partial charge in [0.15, 0.2) is 5.82 Å². The van der Waals surface area contributed by atoms with Crippen LogP contribution in [0.15, 0.2) is 4.52 Å². The molecule has 1 aliphatic rings. The Morgan fingerprint density at radius 3 is 3.12 bits per heavy atom. The molecule has 1 aromatic heterocycles. The number of aromatic nitrogens is 2. The zero-order valence-corrected chi connectivity index (χ0v) is 10.9. The van der Waals surface area contributed by atoms with E-state index in [2.05, 4.69) is 29.3 Å². The number of nitrogens with one attached hydrogen (secondary N) is 1. The van der Waals surface area contributed by atoms with Crippen molar-refractivity contribution in [3.8, 4) is 0 Å². The van der Waals surface area contributed by atoms with Crippen molar-refractivity contribution in [3.63, 3.8) is 0 Å². The molecule has 1 N–H and O–H groups in total. The van der Waals surface area contributed by atoms with Crippen molar-refractivity contribution in [1.82, 2.24) is 15.5 Å². The van der Waals surface area contributed by atoms with Gasteiger partial charge in [-0.25, -0.2) is 0 Å². The van der Waals surface area contributed by atoms with Crippen LogP contribution in [0.4, 0.5) is 0 Å². The number of nitrogens with zero attached hydrogens (tertiary/aromatic N) is 2. The first-order valence-electron chi connectivity index (χ1n) is 6.82. The minimum atomic E-state index is 0.394. The topological polar surface area (TPSA) is 51.0 Å². The average molecular weight is 237 g/mol. The van der Waals surface area contributed by atoms with Gasteiger partial charge in [-0.2, -0.15) is 4.98 Å². The quantitative estimate of drug-likeness (QED) is 0.855. The van der Waals surface area contributed by atoms with E-state index in [9.17, 15) is 0 Å². The van der Waals surface area contributed by atoms with E-state index < -0.39 is 0 Å². The molecule has 1 fully saturated rings. The third kappa shape index (κ3) is 3.53. The largest absolute Gasteiger partial charge is 0.339 e. The summed E-state index contributed by atoms with van der Waals surface area (Å²) in [6.45, 7) is 6.58. The Kier molecular flexibility index (Phi) is 4.54. The molecule has 0 aromatic carbocycles. The van der Waals surface area contributed by atoms with Crippen molar-refractivity contribution in [3.05, 3.63) is 11.7 Å². The molecule has 2 heterocycles. The van der Waals surface area contributed by atoms with Crippen molar-refractivity contribution in [1.29, 1.82) is 0 Å². The molecule has 0 amide bonds. The first-order chi connectivity index (χ1) is 8.29. The lowest BCUT2D eigenvalue weighted by molar-refractivity contribution is 0.337. The van der Waals surface area contributed by atoms with Crippen LogP contribution in [0.5, 0.6) is 0 Å². The van der Waals surface area contributed by atoms with Gasteiger partial charge in [0.25, 0.3) is 0 Å². The zero-order valence-electron chi connectivity index (χ0n) is 10.9. The van der Waals surface area contributed by atoms with Crippen molar-refractivity contribution in [2.24, 2.45) is 5.92 Å². The minimum absolute atomic E-state index is 0.394. The molecular weight excluding hydrogens is 214 g/mol. The van der Waals surface area contributed by atoms with E-state index in [1.165, 1.54) is 12.8 Å². The second-order valence-corrected chi connectivity index (χ2v) is 5.16. The van der Waals surface area contributed by atoms with Crippen LogP contribution < -0.4 is 5.32 Å². The Morgan fingerprint density at radius 2 is 2.41 bits per heavy atom. The van der Waals surface area contributed by atoms with Gasteiger partial charge < -0.3 is 9.84 Å². The fourth-order valence-electron chi connectivity index (χ4n) is 2.46. The molecule has 17 heavy (non-hydrogen) atoms. The summed E-state index contributed by atoms with van der Waals surface area (Å²) in [5, 5.41) is 7.52. The van der Waals surface area contributed by atoms with Crippen molar-refractivity contribution < 1.29 is 4.52 Å². The first-order valence-corrected chi connectivity index (χ1v) is 6.82. The molecule has 0 saturated carbocycles. The van der Waals surface area contributed by atoms with Gasteiger partial charge in [0.2, 0.25) is 5.89 Å². The monoisotopic (exact) mass is 237 g/mol. The molecule has 2 rings (SSSR count). The Labute approximate surface area is 103 Å². The van der Waals surface area contributed by atoms with Gasteiger partial charge in [-0.05, 0) is 38.3 Å². The highest BCUT2D eigenvalue weighted by Gasteiger charge is 2.18. The van der Waals surface area contributed by atoms with Crippen LogP contribution in [0, 0.1) is 5.92 Å². The van der Waals surface area contributed by atoms with Crippen LogP contribution in [0.25, 0.3) is 0 Å². The molecule has 4 heteroatoms. The molecule has 2 unspecified atom stereocenters. The number of hydrogen-bond donors (Lipinski definition) is 1. The van der Waals surface area contributed by atoms with Gasteiger partial charge in [0.05, 0.1) is 0 Å². The van der Waals surface area contributed by atoms with E-state index in [-0.39, 0.29) is 0 Å². The fourth-order valence-corrected chi connectivity index (χ4v) is 2.46. The number of hydrogen-bond acceptors (Lipinski definition) is 4. The van der Waals surface area contributed by atoms with Gasteiger partial charge in [0, 0.05) is 12.3 Å². The molecule has 0 bridgehead atoms. The average Bonchev–Trinajstić information content (AvgIpc) is 2.79. The molecule has 1 aliphatic heterocycles. The maximum atomic E-state index is 5.34. The van der Waals surface area contributed by atoms with E-state index >= 15 is 0 Å². The lowest BCUT2D eigenvalue weighted by Gasteiger charge is -2.20. The van der Waals surface area contributed by atoms with E-state index in [1.807, 2.05) is 0 Å². The Hall–Kier alpha value is -0.900. The van der Waals surface area contributed by atoms with E-state index in [0.717, 1.165) is 44.1 Å². The predicted molar refractivity (Wildman–Crippen MR) is 66.9 cm³/mol. The highest BCUT2D eigenvalue weighted by atomic mass is 16.5. The summed E-state index contributed by atoms with van der Waals surface area (Å²) in [6, 6.07) is 0. The van der Waals surface area contributed by atoms with Gasteiger partial charge >= 0.3 is 0 Å². The van der Waals surface area contributed by atoms with Crippen LogP contribution in [-0.4, -0.2) is 23.2 Å². The standard InChI is InChI=1S/C13H23N3O/c1-3-5-10(2)13-15-12(16-17-13)8-11-6-4-7-14-9-11/h10-11,14H,3-9H2,1-2H3. The second-order valence-electron chi connectivity index (χ2n) is 5.16. The maximum absolute atomic E-state index is 5.34. The van der Waals surface area contributed by atoms with Crippen LogP contribution >= 0.6 is 0 Å². The van der Waals surface area contributed by atoms with Crippen molar-refractivity contribution >= 4 is 0 Å². The lowest BCUT2D eigenvalue weighted by atomic mass is 9.96. The zero-order chi connectivity index (χ0) is 12.1. The van der Waals surface area contributed by atoms with Gasteiger partial charge in [-0.1, -0.05) is 25.4 Å². The molecule has 0 radical (unpaired) electrons. The van der Waals surface area contributed by atoms with Crippen LogP contribution in [-0.2, 0) is 6.42 Å². The van der Waals surface area contributed by atoms with Crippen LogP contribution in [0.3, 0.4) is 0 Å². The number of piperidine rings is 1. The summed E-state index contributed by atoms with van der Waals surface area (Å²) in [5.41, 5.74) is 0. The highest BCUT2D eigenvalue weighted by molar-refractivity contribution is 4.94. The summed E-state index contributed by atoms with van der Waals surface area (Å²) in [7, 11) is 0. The number of rotatable bonds is 5. The van der Waals surface area contributed by atoms with E-state index in [1.54, 1.807) is 0 Å². The third-order valence-electron chi connectivity index (χ3n) is 3.50. The van der Waals surface area contributed by atoms with Gasteiger partial charge in [-0.15, -0.1) is 0 Å². The molecule has 4 nitrogen and oxygen atoms in total. The molecule has 96 valence electrons. The summed E-state index contributed by atoms with van der Waals surface area (Å²) in [5.74, 6) is 2.77. The summed E-state index contributed by atoms with van der Waals surface area (Å²) in [4.78, 5) is 4.52. The molecule has 2 atom stereocenters. The van der Waals surface area contributed by atoms with Crippen LogP contribution in [0.2, 0.25) is 0 Å². The highest BCUT2D eigenvalue weighted by Crippen LogP contribution is 2.20. The smallest absolute Gasteiger partial charge is 0.229 e. The molecule has 1 saturated heterocycles. The maximum Gasteiger partial charge on any atom is 0.229 e. The second kappa shape index (κ2) is 6.15. The van der Waals surface area contributed by atoms with Gasteiger partial charge in [0.1, 0.15) is 0 Å².